The standard InChI is InChI=1S/C18H19N5O/c1-22(18(24)20-11-15-6-5-9-19-10-15)13-16-12-21-23(14-16)17-7-3-2-4-8-17/h2-10,12,14H,11,13H2,1H3,(H,20,24). The lowest BCUT2D eigenvalue weighted by Gasteiger charge is -2.17. The molecule has 6 heteroatoms. The van der Waals surface area contributed by atoms with E-state index in [4.69, 9.17) is 0 Å². The molecule has 1 N–H and O–H groups in total. The molecule has 2 amide bonds. The number of nitrogens with one attached hydrogen (secondary N) is 1. The van der Waals surface area contributed by atoms with Gasteiger partial charge in [-0.1, -0.05) is 24.3 Å². The highest BCUT2D eigenvalue weighted by Gasteiger charge is 2.10. The molecule has 2 aromatic heterocycles. The molecular weight excluding hydrogens is 302 g/mol. The second-order valence-corrected chi connectivity index (χ2v) is 5.50. The first-order valence-corrected chi connectivity index (χ1v) is 7.69. The van der Waals surface area contributed by atoms with Crippen LogP contribution >= 0.6 is 0 Å². The van der Waals surface area contributed by atoms with E-state index >= 15 is 0 Å². The zero-order valence-corrected chi connectivity index (χ0v) is 13.5. The predicted molar refractivity (Wildman–Crippen MR) is 91.5 cm³/mol. The van der Waals surface area contributed by atoms with Gasteiger partial charge in [0.15, 0.2) is 0 Å². The second-order valence-electron chi connectivity index (χ2n) is 5.50. The smallest absolute Gasteiger partial charge is 0.317 e. The minimum atomic E-state index is -0.133. The molecule has 6 nitrogen and oxygen atoms in total. The summed E-state index contributed by atoms with van der Waals surface area (Å²) in [5, 5.41) is 7.22. The van der Waals surface area contributed by atoms with Crippen molar-refractivity contribution in [3.05, 3.63) is 78.4 Å². The summed E-state index contributed by atoms with van der Waals surface area (Å²) in [6.45, 7) is 0.950. The van der Waals surface area contributed by atoms with Gasteiger partial charge in [-0.3, -0.25) is 4.98 Å². The van der Waals surface area contributed by atoms with Crippen LogP contribution in [0.25, 0.3) is 5.69 Å². The second kappa shape index (κ2) is 7.41. The third kappa shape index (κ3) is 3.98. The Hall–Kier alpha value is -3.15. The molecule has 122 valence electrons. The van der Waals surface area contributed by atoms with Crippen LogP contribution in [0, 0.1) is 0 Å². The topological polar surface area (TPSA) is 63.1 Å². The van der Waals surface area contributed by atoms with E-state index in [1.54, 1.807) is 35.2 Å². The quantitative estimate of drug-likeness (QED) is 0.786. The molecule has 3 aromatic rings. The lowest BCUT2D eigenvalue weighted by molar-refractivity contribution is 0.206. The molecule has 2 heterocycles. The van der Waals surface area contributed by atoms with Crippen LogP contribution in [-0.2, 0) is 13.1 Å². The average Bonchev–Trinajstić information content (AvgIpc) is 3.10. The Labute approximate surface area is 140 Å². The average molecular weight is 321 g/mol. The van der Waals surface area contributed by atoms with Crippen LogP contribution in [0.4, 0.5) is 4.79 Å². The van der Waals surface area contributed by atoms with E-state index in [0.29, 0.717) is 13.1 Å². The number of benzene rings is 1. The summed E-state index contributed by atoms with van der Waals surface area (Å²) in [5.41, 5.74) is 2.93. The number of carbonyl (C=O) groups excluding carboxylic acids is 1. The Balaban J connectivity index is 1.55. The third-order valence-electron chi connectivity index (χ3n) is 3.59. The maximum absolute atomic E-state index is 12.2. The van der Waals surface area contributed by atoms with Gasteiger partial charge in [-0.2, -0.15) is 5.10 Å². The molecule has 24 heavy (non-hydrogen) atoms. The lowest BCUT2D eigenvalue weighted by atomic mass is 10.3. The van der Waals surface area contributed by atoms with Crippen molar-refractivity contribution in [2.45, 2.75) is 13.1 Å². The SMILES string of the molecule is CN(Cc1cnn(-c2ccccc2)c1)C(=O)NCc1cccnc1. The summed E-state index contributed by atoms with van der Waals surface area (Å²) in [4.78, 5) is 17.8. The molecule has 0 saturated carbocycles. The van der Waals surface area contributed by atoms with Gasteiger partial charge < -0.3 is 10.2 Å². The molecule has 3 rings (SSSR count). The number of pyridine rings is 1. The molecule has 0 aliphatic heterocycles. The summed E-state index contributed by atoms with van der Waals surface area (Å²) in [6, 6.07) is 13.5. The number of amides is 2. The van der Waals surface area contributed by atoms with Gasteiger partial charge in [-0.25, -0.2) is 9.48 Å². The molecule has 0 aliphatic carbocycles. The molecule has 0 unspecified atom stereocenters. The summed E-state index contributed by atoms with van der Waals surface area (Å²) in [5.74, 6) is 0. The van der Waals surface area contributed by atoms with Crippen molar-refractivity contribution in [2.75, 3.05) is 7.05 Å². The van der Waals surface area contributed by atoms with Gasteiger partial charge in [0.05, 0.1) is 18.4 Å². The predicted octanol–water partition coefficient (Wildman–Crippen LogP) is 2.61. The maximum atomic E-state index is 12.2. The van der Waals surface area contributed by atoms with E-state index in [1.165, 1.54) is 0 Å². The van der Waals surface area contributed by atoms with Crippen molar-refractivity contribution < 1.29 is 4.79 Å². The van der Waals surface area contributed by atoms with E-state index in [2.05, 4.69) is 15.4 Å². The Morgan fingerprint density at radius 3 is 2.71 bits per heavy atom. The first kappa shape index (κ1) is 15.7. The molecule has 0 atom stereocenters. The Kier molecular flexibility index (Phi) is 4.86. The van der Waals surface area contributed by atoms with Crippen LogP contribution in [0.1, 0.15) is 11.1 Å². The zero-order valence-electron chi connectivity index (χ0n) is 13.5. The van der Waals surface area contributed by atoms with E-state index in [1.807, 2.05) is 48.7 Å². The van der Waals surface area contributed by atoms with Gasteiger partial charge >= 0.3 is 6.03 Å². The Morgan fingerprint density at radius 1 is 1.12 bits per heavy atom. The van der Waals surface area contributed by atoms with Crippen molar-refractivity contribution in [2.24, 2.45) is 0 Å². The highest BCUT2D eigenvalue weighted by molar-refractivity contribution is 5.73. The van der Waals surface area contributed by atoms with Crippen LogP contribution < -0.4 is 5.32 Å². The minimum Gasteiger partial charge on any atom is -0.334 e. The number of urea groups is 1. The lowest BCUT2D eigenvalue weighted by Crippen LogP contribution is -2.36. The van der Waals surface area contributed by atoms with Crippen LogP contribution in [0.3, 0.4) is 0 Å². The number of hydrogen-bond donors (Lipinski definition) is 1. The maximum Gasteiger partial charge on any atom is 0.317 e. The molecule has 0 radical (unpaired) electrons. The number of rotatable bonds is 5. The van der Waals surface area contributed by atoms with Crippen LogP contribution in [0.15, 0.2) is 67.3 Å². The van der Waals surface area contributed by atoms with Gasteiger partial charge in [-0.05, 0) is 23.8 Å². The number of para-hydroxylation sites is 1. The summed E-state index contributed by atoms with van der Waals surface area (Å²) in [7, 11) is 1.76. The van der Waals surface area contributed by atoms with Crippen LogP contribution in [0.5, 0.6) is 0 Å². The fourth-order valence-corrected chi connectivity index (χ4v) is 2.32. The van der Waals surface area contributed by atoms with Crippen molar-refractivity contribution in [1.82, 2.24) is 25.0 Å². The minimum absolute atomic E-state index is 0.133. The molecule has 0 aliphatic rings. The molecule has 0 fully saturated rings. The van der Waals surface area contributed by atoms with E-state index in [0.717, 1.165) is 16.8 Å². The van der Waals surface area contributed by atoms with Gasteiger partial charge in [-0.15, -0.1) is 0 Å². The monoisotopic (exact) mass is 321 g/mol. The van der Waals surface area contributed by atoms with E-state index in [-0.39, 0.29) is 6.03 Å². The fourth-order valence-electron chi connectivity index (χ4n) is 2.32. The molecule has 0 saturated heterocycles. The van der Waals surface area contributed by atoms with Crippen LogP contribution in [0.2, 0.25) is 0 Å². The molecular formula is C18H19N5O. The summed E-state index contributed by atoms with van der Waals surface area (Å²) < 4.78 is 1.80. The van der Waals surface area contributed by atoms with Crippen molar-refractivity contribution in [3.8, 4) is 5.69 Å². The van der Waals surface area contributed by atoms with E-state index < -0.39 is 0 Å². The Bertz CT molecular complexity index is 785. The fraction of sp³-hybridized carbons (Fsp3) is 0.167. The number of hydrogen-bond acceptors (Lipinski definition) is 3. The van der Waals surface area contributed by atoms with Crippen molar-refractivity contribution in [3.63, 3.8) is 0 Å². The molecule has 0 bridgehead atoms. The third-order valence-corrected chi connectivity index (χ3v) is 3.59. The molecule has 1 aromatic carbocycles. The van der Waals surface area contributed by atoms with Gasteiger partial charge in [0, 0.05) is 37.7 Å². The summed E-state index contributed by atoms with van der Waals surface area (Å²) in [6.07, 6.45) is 7.16. The highest BCUT2D eigenvalue weighted by atomic mass is 16.2. The number of aromatic nitrogens is 3. The van der Waals surface area contributed by atoms with Crippen molar-refractivity contribution in [1.29, 1.82) is 0 Å². The van der Waals surface area contributed by atoms with E-state index in [9.17, 15) is 4.79 Å². The largest absolute Gasteiger partial charge is 0.334 e. The van der Waals surface area contributed by atoms with Gasteiger partial charge in [0.2, 0.25) is 0 Å². The number of nitrogens with zero attached hydrogens (tertiary/aromatic N) is 4. The normalized spacial score (nSPS) is 10.4. The first-order valence-electron chi connectivity index (χ1n) is 7.69. The van der Waals surface area contributed by atoms with Crippen LogP contribution in [-0.4, -0.2) is 32.7 Å². The van der Waals surface area contributed by atoms with Gasteiger partial charge in [0.25, 0.3) is 0 Å². The summed E-state index contributed by atoms with van der Waals surface area (Å²) >= 11 is 0. The highest BCUT2D eigenvalue weighted by Crippen LogP contribution is 2.09. The number of carbonyl (C=O) groups is 1. The first-order chi connectivity index (χ1) is 11.7. The zero-order chi connectivity index (χ0) is 16.8. The Morgan fingerprint density at radius 2 is 1.96 bits per heavy atom. The molecule has 0 spiro atoms. The van der Waals surface area contributed by atoms with Gasteiger partial charge in [0.1, 0.15) is 0 Å². The van der Waals surface area contributed by atoms with Crippen molar-refractivity contribution >= 4 is 6.03 Å².